The van der Waals surface area contributed by atoms with Crippen LogP contribution < -0.4 is 10.1 Å². The molecule has 0 bridgehead atoms. The first-order valence-electron chi connectivity index (χ1n) is 8.49. The Morgan fingerprint density at radius 3 is 2.75 bits per heavy atom. The Bertz CT molecular complexity index is 994. The summed E-state index contributed by atoms with van der Waals surface area (Å²) in [6.07, 6.45) is 0. The Balaban J connectivity index is 1.70. The zero-order valence-corrected chi connectivity index (χ0v) is 17.6. The largest absolute Gasteiger partial charge is 0.493 e. The van der Waals surface area contributed by atoms with Gasteiger partial charge in [0.2, 0.25) is 5.91 Å². The van der Waals surface area contributed by atoms with Gasteiger partial charge in [-0.3, -0.25) is 4.79 Å². The van der Waals surface area contributed by atoms with Crippen molar-refractivity contribution in [1.29, 1.82) is 0 Å². The van der Waals surface area contributed by atoms with Crippen molar-refractivity contribution >= 4 is 46.6 Å². The van der Waals surface area contributed by atoms with Gasteiger partial charge in [-0.1, -0.05) is 53.2 Å². The minimum absolute atomic E-state index is 0.155. The maximum absolute atomic E-state index is 12.3. The smallest absolute Gasteiger partial charge is 0.234 e. The minimum Gasteiger partial charge on any atom is -0.493 e. The van der Waals surface area contributed by atoms with Gasteiger partial charge in [0.15, 0.2) is 11.0 Å². The maximum atomic E-state index is 12.3. The molecule has 0 saturated carbocycles. The topological polar surface area (TPSA) is 69.0 Å². The van der Waals surface area contributed by atoms with E-state index in [1.54, 1.807) is 18.2 Å². The second kappa shape index (κ2) is 9.32. The molecule has 28 heavy (non-hydrogen) atoms. The number of para-hydroxylation sites is 1. The average molecular weight is 437 g/mol. The number of carbonyl (C=O) groups excluding carboxylic acids is 1. The molecule has 0 unspecified atom stereocenters. The van der Waals surface area contributed by atoms with E-state index in [0.717, 1.165) is 11.3 Å². The van der Waals surface area contributed by atoms with Gasteiger partial charge in [-0.25, -0.2) is 0 Å². The van der Waals surface area contributed by atoms with Crippen molar-refractivity contribution in [3.63, 3.8) is 0 Å². The van der Waals surface area contributed by atoms with Crippen molar-refractivity contribution < 1.29 is 9.53 Å². The summed E-state index contributed by atoms with van der Waals surface area (Å²) >= 11 is 13.3. The van der Waals surface area contributed by atoms with Crippen LogP contribution >= 0.6 is 35.0 Å². The van der Waals surface area contributed by atoms with Gasteiger partial charge in [-0.2, -0.15) is 0 Å². The third-order valence-corrected chi connectivity index (χ3v) is 5.66. The minimum atomic E-state index is -0.214. The first kappa shape index (κ1) is 20.5. The summed E-state index contributed by atoms with van der Waals surface area (Å²) < 4.78 is 7.50. The Morgan fingerprint density at radius 1 is 1.18 bits per heavy atom. The molecule has 0 aliphatic rings. The van der Waals surface area contributed by atoms with Crippen LogP contribution in [-0.2, 0) is 11.8 Å². The Labute approximate surface area is 177 Å². The molecule has 0 aliphatic heterocycles. The van der Waals surface area contributed by atoms with E-state index >= 15 is 0 Å². The Kier molecular flexibility index (Phi) is 6.83. The van der Waals surface area contributed by atoms with Crippen molar-refractivity contribution in [3.05, 3.63) is 52.5 Å². The van der Waals surface area contributed by atoms with E-state index < -0.39 is 0 Å². The monoisotopic (exact) mass is 436 g/mol. The molecule has 1 aromatic heterocycles. The summed E-state index contributed by atoms with van der Waals surface area (Å²) in [5.74, 6) is 1.35. The predicted octanol–water partition coefficient (Wildman–Crippen LogP) is 4.92. The van der Waals surface area contributed by atoms with E-state index in [-0.39, 0.29) is 11.7 Å². The molecule has 9 heteroatoms. The van der Waals surface area contributed by atoms with E-state index in [1.165, 1.54) is 11.8 Å². The molecule has 1 heterocycles. The molecule has 0 aliphatic carbocycles. The number of nitrogens with one attached hydrogen (secondary N) is 1. The number of nitrogens with zero attached hydrogens (tertiary/aromatic N) is 3. The van der Waals surface area contributed by atoms with Crippen LogP contribution in [0.1, 0.15) is 6.92 Å². The molecule has 0 saturated heterocycles. The van der Waals surface area contributed by atoms with Crippen LogP contribution in [0.5, 0.6) is 5.75 Å². The second-order valence-corrected chi connectivity index (χ2v) is 7.46. The van der Waals surface area contributed by atoms with Crippen molar-refractivity contribution in [1.82, 2.24) is 14.8 Å². The fourth-order valence-corrected chi connectivity index (χ4v) is 3.58. The van der Waals surface area contributed by atoms with Gasteiger partial charge in [0.05, 0.1) is 33.7 Å². The van der Waals surface area contributed by atoms with E-state index in [1.807, 2.05) is 42.8 Å². The number of aromatic nitrogens is 3. The van der Waals surface area contributed by atoms with Crippen LogP contribution in [0.15, 0.2) is 47.6 Å². The number of anilines is 1. The molecular formula is C19H18Cl2N4O2S. The third kappa shape index (κ3) is 4.60. The van der Waals surface area contributed by atoms with Crippen LogP contribution in [0.3, 0.4) is 0 Å². The summed E-state index contributed by atoms with van der Waals surface area (Å²) in [7, 11) is 1.85. The van der Waals surface area contributed by atoms with E-state index in [4.69, 9.17) is 27.9 Å². The number of ether oxygens (including phenoxy) is 1. The Morgan fingerprint density at radius 2 is 1.96 bits per heavy atom. The van der Waals surface area contributed by atoms with Crippen LogP contribution in [0.25, 0.3) is 11.4 Å². The molecule has 0 radical (unpaired) electrons. The van der Waals surface area contributed by atoms with E-state index in [0.29, 0.717) is 33.3 Å². The van der Waals surface area contributed by atoms with Crippen LogP contribution in [0.4, 0.5) is 5.69 Å². The number of amides is 1. The van der Waals surface area contributed by atoms with Gasteiger partial charge in [-0.05, 0) is 31.2 Å². The van der Waals surface area contributed by atoms with Crippen LogP contribution in [0.2, 0.25) is 10.0 Å². The highest BCUT2D eigenvalue weighted by Crippen LogP contribution is 2.31. The summed E-state index contributed by atoms with van der Waals surface area (Å²) in [4.78, 5) is 12.3. The van der Waals surface area contributed by atoms with E-state index in [2.05, 4.69) is 15.5 Å². The first-order chi connectivity index (χ1) is 13.5. The van der Waals surface area contributed by atoms with Crippen molar-refractivity contribution in [2.45, 2.75) is 12.1 Å². The van der Waals surface area contributed by atoms with E-state index in [9.17, 15) is 4.79 Å². The molecule has 0 spiro atoms. The van der Waals surface area contributed by atoms with Gasteiger partial charge < -0.3 is 14.6 Å². The summed E-state index contributed by atoms with van der Waals surface area (Å²) in [6.45, 7) is 2.49. The van der Waals surface area contributed by atoms with Gasteiger partial charge >= 0.3 is 0 Å². The van der Waals surface area contributed by atoms with Crippen LogP contribution in [0, 0.1) is 0 Å². The fraction of sp³-hybridized carbons (Fsp3) is 0.211. The fourth-order valence-electron chi connectivity index (χ4n) is 2.52. The molecule has 1 N–H and O–H groups in total. The lowest BCUT2D eigenvalue weighted by Crippen LogP contribution is -2.14. The highest BCUT2D eigenvalue weighted by molar-refractivity contribution is 7.99. The van der Waals surface area contributed by atoms with Crippen LogP contribution in [-0.4, -0.2) is 33.0 Å². The average Bonchev–Trinajstić information content (AvgIpc) is 3.05. The number of rotatable bonds is 7. The molecule has 1 amide bonds. The van der Waals surface area contributed by atoms with Gasteiger partial charge in [0.25, 0.3) is 0 Å². The van der Waals surface area contributed by atoms with Gasteiger partial charge in [0, 0.05) is 7.05 Å². The SMILES string of the molecule is CCOc1ccccc1-c1nnc(SCC(=O)Nc2cccc(Cl)c2Cl)n1C. The first-order valence-corrected chi connectivity index (χ1v) is 10.2. The van der Waals surface area contributed by atoms with Gasteiger partial charge in [-0.15, -0.1) is 10.2 Å². The molecule has 146 valence electrons. The van der Waals surface area contributed by atoms with Crippen molar-refractivity contribution in [2.75, 3.05) is 17.7 Å². The molecule has 6 nitrogen and oxygen atoms in total. The lowest BCUT2D eigenvalue weighted by molar-refractivity contribution is -0.113. The number of halogens is 2. The van der Waals surface area contributed by atoms with Crippen molar-refractivity contribution in [3.8, 4) is 17.1 Å². The molecule has 3 rings (SSSR count). The number of carbonyl (C=O) groups is 1. The normalized spacial score (nSPS) is 10.7. The lowest BCUT2D eigenvalue weighted by Gasteiger charge is -2.10. The molecule has 0 fully saturated rings. The third-order valence-electron chi connectivity index (χ3n) is 3.82. The number of benzene rings is 2. The molecule has 0 atom stereocenters. The predicted molar refractivity (Wildman–Crippen MR) is 113 cm³/mol. The number of thioether (sulfide) groups is 1. The highest BCUT2D eigenvalue weighted by atomic mass is 35.5. The molecule has 3 aromatic rings. The maximum Gasteiger partial charge on any atom is 0.234 e. The molecule has 2 aromatic carbocycles. The summed E-state index contributed by atoms with van der Waals surface area (Å²) in [6, 6.07) is 12.7. The number of hydrogen-bond acceptors (Lipinski definition) is 5. The quantitative estimate of drug-likeness (QED) is 0.532. The molecular weight excluding hydrogens is 419 g/mol. The van der Waals surface area contributed by atoms with Crippen molar-refractivity contribution in [2.24, 2.45) is 7.05 Å². The van der Waals surface area contributed by atoms with Gasteiger partial charge in [0.1, 0.15) is 5.75 Å². The standard InChI is InChI=1S/C19H18Cl2N4O2S/c1-3-27-15-10-5-4-7-12(15)18-23-24-19(25(18)2)28-11-16(26)22-14-9-6-8-13(20)17(14)21/h4-10H,3,11H2,1-2H3,(H,22,26). The Hall–Kier alpha value is -2.22. The second-order valence-electron chi connectivity index (χ2n) is 5.73. The number of hydrogen-bond donors (Lipinski definition) is 1. The summed E-state index contributed by atoms with van der Waals surface area (Å²) in [5.41, 5.74) is 1.32. The zero-order valence-electron chi connectivity index (χ0n) is 15.3. The summed E-state index contributed by atoms with van der Waals surface area (Å²) in [5, 5.41) is 12.5. The lowest BCUT2D eigenvalue weighted by atomic mass is 10.2. The highest BCUT2D eigenvalue weighted by Gasteiger charge is 2.16. The zero-order chi connectivity index (χ0) is 20.1.